The van der Waals surface area contributed by atoms with Crippen molar-refractivity contribution in [3.63, 3.8) is 0 Å². The quantitative estimate of drug-likeness (QED) is 0.858. The van der Waals surface area contributed by atoms with E-state index in [9.17, 15) is 18.5 Å². The molecule has 130 valence electrons. The number of carbonyl (C=O) groups excluding carboxylic acids is 1. The van der Waals surface area contributed by atoms with Crippen molar-refractivity contribution in [1.82, 2.24) is 4.72 Å². The van der Waals surface area contributed by atoms with Crippen LogP contribution in [-0.4, -0.2) is 27.4 Å². The van der Waals surface area contributed by atoms with Gasteiger partial charge in [0.05, 0.1) is 16.1 Å². The molecule has 0 fully saturated rings. The number of carbonyl (C=O) groups is 1. The molecule has 0 unspecified atom stereocenters. The summed E-state index contributed by atoms with van der Waals surface area (Å²) in [5.74, 6) is -0.266. The number of para-hydroxylation sites is 1. The monoisotopic (exact) mass is 357 g/mol. The summed E-state index contributed by atoms with van der Waals surface area (Å²) < 4.78 is 27.1. The molecule has 0 bridgehead atoms. The molecule has 0 spiro atoms. The van der Waals surface area contributed by atoms with Gasteiger partial charge >= 0.3 is 0 Å². The lowest BCUT2D eigenvalue weighted by Gasteiger charge is -2.22. The first-order valence-electron chi connectivity index (χ1n) is 7.69. The van der Waals surface area contributed by atoms with E-state index >= 15 is 0 Å². The minimum atomic E-state index is -3.65. The fourth-order valence-electron chi connectivity index (χ4n) is 2.34. The van der Waals surface area contributed by atoms with Crippen molar-refractivity contribution in [2.24, 2.45) is 0 Å². The maximum atomic E-state index is 12.3. The number of nitrogens with zero attached hydrogens (tertiary/aromatic N) is 2. The minimum Gasteiger partial charge on any atom is -0.310 e. The number of sulfonamides is 1. The van der Waals surface area contributed by atoms with E-state index in [4.69, 9.17) is 0 Å². The van der Waals surface area contributed by atoms with Gasteiger partial charge in [0.15, 0.2) is 0 Å². The molecule has 0 saturated carbocycles. The normalized spacial score (nSPS) is 10.9. The van der Waals surface area contributed by atoms with E-state index in [1.54, 1.807) is 36.4 Å². The third-order valence-corrected chi connectivity index (χ3v) is 5.13. The van der Waals surface area contributed by atoms with Gasteiger partial charge in [0, 0.05) is 20.0 Å². The molecule has 7 heteroatoms. The zero-order valence-electron chi connectivity index (χ0n) is 14.1. The molecule has 1 amide bonds. The molecule has 25 heavy (non-hydrogen) atoms. The highest BCUT2D eigenvalue weighted by molar-refractivity contribution is 7.89. The third kappa shape index (κ3) is 4.66. The smallest absolute Gasteiger partial charge is 0.240 e. The predicted molar refractivity (Wildman–Crippen MR) is 95.6 cm³/mol. The van der Waals surface area contributed by atoms with Crippen LogP contribution in [-0.2, 0) is 14.8 Å². The predicted octanol–water partition coefficient (Wildman–Crippen LogP) is 2.20. The number of anilines is 1. The molecular formula is C18H19N3O3S. The van der Waals surface area contributed by atoms with Crippen molar-refractivity contribution in [3.05, 3.63) is 59.7 Å². The number of nitriles is 1. The van der Waals surface area contributed by atoms with Crippen LogP contribution in [0.4, 0.5) is 5.69 Å². The largest absolute Gasteiger partial charge is 0.310 e. The van der Waals surface area contributed by atoms with Crippen molar-refractivity contribution in [1.29, 1.82) is 5.26 Å². The Morgan fingerprint density at radius 3 is 2.40 bits per heavy atom. The van der Waals surface area contributed by atoms with Gasteiger partial charge in [-0.1, -0.05) is 29.8 Å². The highest BCUT2D eigenvalue weighted by atomic mass is 32.2. The van der Waals surface area contributed by atoms with Crippen LogP contribution >= 0.6 is 0 Å². The molecule has 0 aromatic heterocycles. The van der Waals surface area contributed by atoms with Crippen LogP contribution in [0.25, 0.3) is 0 Å². The Bertz CT molecular complexity index is 900. The van der Waals surface area contributed by atoms with Gasteiger partial charge in [0.1, 0.15) is 6.07 Å². The molecule has 2 aromatic carbocycles. The standard InChI is InChI=1S/C18H19N3O3S/c1-14-7-9-17(10-8-14)25(23,24)20-11-12-21(15(2)22)18-6-4-3-5-16(18)13-19/h3-10,20H,11-12H2,1-2H3. The molecule has 0 radical (unpaired) electrons. The van der Waals surface area contributed by atoms with Gasteiger partial charge in [-0.25, -0.2) is 13.1 Å². The molecule has 0 atom stereocenters. The van der Waals surface area contributed by atoms with Gasteiger partial charge in [0.25, 0.3) is 0 Å². The molecule has 0 aliphatic heterocycles. The molecule has 2 aromatic rings. The zero-order chi connectivity index (χ0) is 18.4. The van der Waals surface area contributed by atoms with Crippen molar-refractivity contribution in [2.75, 3.05) is 18.0 Å². The molecule has 0 saturated heterocycles. The van der Waals surface area contributed by atoms with Crippen molar-refractivity contribution in [3.8, 4) is 6.07 Å². The van der Waals surface area contributed by atoms with E-state index in [2.05, 4.69) is 4.72 Å². The number of hydrogen-bond donors (Lipinski definition) is 1. The van der Waals surface area contributed by atoms with Gasteiger partial charge in [-0.05, 0) is 31.2 Å². The summed E-state index contributed by atoms with van der Waals surface area (Å²) in [5.41, 5.74) is 1.79. The van der Waals surface area contributed by atoms with Gasteiger partial charge in [-0.2, -0.15) is 5.26 Å². The Labute approximate surface area is 147 Å². The summed E-state index contributed by atoms with van der Waals surface area (Å²) in [6, 6.07) is 15.3. The fourth-order valence-corrected chi connectivity index (χ4v) is 3.36. The summed E-state index contributed by atoms with van der Waals surface area (Å²) in [5, 5.41) is 9.18. The first-order valence-corrected chi connectivity index (χ1v) is 9.17. The van der Waals surface area contributed by atoms with Crippen LogP contribution in [0, 0.1) is 18.3 Å². The average Bonchev–Trinajstić information content (AvgIpc) is 2.59. The summed E-state index contributed by atoms with van der Waals surface area (Å²) in [6.45, 7) is 3.42. The lowest BCUT2D eigenvalue weighted by atomic mass is 10.1. The Balaban J connectivity index is 2.11. The second kappa shape index (κ2) is 7.92. The first-order chi connectivity index (χ1) is 11.8. The molecule has 0 aliphatic rings. The second-order valence-corrected chi connectivity index (χ2v) is 7.28. The SMILES string of the molecule is CC(=O)N(CCNS(=O)(=O)c1ccc(C)cc1)c1ccccc1C#N. The highest BCUT2D eigenvalue weighted by Gasteiger charge is 2.17. The number of amides is 1. The zero-order valence-corrected chi connectivity index (χ0v) is 14.9. The van der Waals surface area contributed by atoms with Crippen LogP contribution in [0.15, 0.2) is 53.4 Å². The Morgan fingerprint density at radius 1 is 1.16 bits per heavy atom. The van der Waals surface area contributed by atoms with E-state index in [-0.39, 0.29) is 23.9 Å². The van der Waals surface area contributed by atoms with E-state index in [1.807, 2.05) is 13.0 Å². The summed E-state index contributed by atoms with van der Waals surface area (Å²) >= 11 is 0. The van der Waals surface area contributed by atoms with E-state index in [0.29, 0.717) is 11.3 Å². The van der Waals surface area contributed by atoms with Crippen LogP contribution < -0.4 is 9.62 Å². The Morgan fingerprint density at radius 2 is 1.80 bits per heavy atom. The van der Waals surface area contributed by atoms with Crippen LogP contribution in [0.1, 0.15) is 18.1 Å². The molecule has 0 aliphatic carbocycles. The van der Waals surface area contributed by atoms with Gasteiger partial charge in [-0.15, -0.1) is 0 Å². The number of aryl methyl sites for hydroxylation is 1. The summed E-state index contributed by atoms with van der Waals surface area (Å²) in [6.07, 6.45) is 0. The van der Waals surface area contributed by atoms with E-state index in [1.165, 1.54) is 24.0 Å². The number of nitrogens with one attached hydrogen (secondary N) is 1. The van der Waals surface area contributed by atoms with Crippen LogP contribution in [0.3, 0.4) is 0 Å². The molecule has 1 N–H and O–H groups in total. The van der Waals surface area contributed by atoms with Crippen molar-refractivity contribution >= 4 is 21.6 Å². The van der Waals surface area contributed by atoms with Crippen molar-refractivity contribution in [2.45, 2.75) is 18.7 Å². The van der Waals surface area contributed by atoms with Crippen molar-refractivity contribution < 1.29 is 13.2 Å². The summed E-state index contributed by atoms with van der Waals surface area (Å²) in [7, 11) is -3.65. The van der Waals surface area contributed by atoms with E-state index in [0.717, 1.165) is 5.56 Å². The van der Waals surface area contributed by atoms with Gasteiger partial charge in [-0.3, -0.25) is 4.79 Å². The van der Waals surface area contributed by atoms with Crippen LogP contribution in [0.2, 0.25) is 0 Å². The lowest BCUT2D eigenvalue weighted by molar-refractivity contribution is -0.116. The van der Waals surface area contributed by atoms with Crippen LogP contribution in [0.5, 0.6) is 0 Å². The summed E-state index contributed by atoms with van der Waals surface area (Å²) in [4.78, 5) is 13.5. The molecule has 2 rings (SSSR count). The lowest BCUT2D eigenvalue weighted by Crippen LogP contribution is -2.37. The van der Waals surface area contributed by atoms with Gasteiger partial charge in [0.2, 0.25) is 15.9 Å². The average molecular weight is 357 g/mol. The minimum absolute atomic E-state index is 0.0373. The Hall–Kier alpha value is -2.69. The fraction of sp³-hybridized carbons (Fsp3) is 0.222. The maximum absolute atomic E-state index is 12.3. The molecule has 0 heterocycles. The van der Waals surface area contributed by atoms with E-state index < -0.39 is 10.0 Å². The topological polar surface area (TPSA) is 90.3 Å². The molecular weight excluding hydrogens is 338 g/mol. The first kappa shape index (κ1) is 18.6. The molecule has 6 nitrogen and oxygen atoms in total. The maximum Gasteiger partial charge on any atom is 0.240 e. The van der Waals surface area contributed by atoms with Gasteiger partial charge < -0.3 is 4.90 Å². The highest BCUT2D eigenvalue weighted by Crippen LogP contribution is 2.19. The number of benzene rings is 2. The Kier molecular flexibility index (Phi) is 5.91. The second-order valence-electron chi connectivity index (χ2n) is 5.51. The third-order valence-electron chi connectivity index (χ3n) is 3.65. The number of hydrogen-bond acceptors (Lipinski definition) is 4. The number of rotatable bonds is 6.